The summed E-state index contributed by atoms with van der Waals surface area (Å²) in [6.45, 7) is 6.20. The van der Waals surface area contributed by atoms with Crippen molar-refractivity contribution in [1.29, 1.82) is 0 Å². The van der Waals surface area contributed by atoms with Gasteiger partial charge in [-0.25, -0.2) is 8.42 Å². The number of rotatable bonds is 9. The van der Waals surface area contributed by atoms with Crippen LogP contribution in [0.15, 0.2) is 32.2 Å². The number of aryl methyl sites for hydroxylation is 1. The maximum Gasteiger partial charge on any atom is 0.248 e. The van der Waals surface area contributed by atoms with Crippen molar-refractivity contribution in [3.8, 4) is 0 Å². The molecule has 2 saturated heterocycles. The number of furan rings is 1. The first-order valence-corrected chi connectivity index (χ1v) is 13.1. The van der Waals surface area contributed by atoms with E-state index < -0.39 is 10.0 Å². The number of hydrogen-bond donors (Lipinski definition) is 1. The Hall–Kier alpha value is -2.43. The normalized spacial score (nSPS) is 18.9. The number of nitrogens with zero attached hydrogens (tertiary/aromatic N) is 3. The summed E-state index contributed by atoms with van der Waals surface area (Å²) in [4.78, 5) is 15.0. The number of likely N-dealkylation sites (tertiary alicyclic amines) is 1. The lowest BCUT2D eigenvalue weighted by molar-refractivity contribution is -0.126. The van der Waals surface area contributed by atoms with E-state index in [1.807, 2.05) is 0 Å². The molecule has 0 radical (unpaired) electrons. The van der Waals surface area contributed by atoms with Crippen molar-refractivity contribution >= 4 is 28.1 Å². The zero-order valence-corrected chi connectivity index (χ0v) is 19.8. The number of sulfonamides is 1. The van der Waals surface area contributed by atoms with Gasteiger partial charge in [0.1, 0.15) is 11.5 Å². The van der Waals surface area contributed by atoms with E-state index in [0.29, 0.717) is 43.9 Å². The first-order chi connectivity index (χ1) is 15.9. The number of piperidine rings is 1. The van der Waals surface area contributed by atoms with Crippen LogP contribution in [0.5, 0.6) is 0 Å². The third-order valence-electron chi connectivity index (χ3n) is 6.35. The van der Waals surface area contributed by atoms with E-state index in [4.69, 9.17) is 8.94 Å². The van der Waals surface area contributed by atoms with Crippen molar-refractivity contribution in [1.82, 2.24) is 19.7 Å². The topological polar surface area (TPSA) is 109 Å². The molecule has 0 unspecified atom stereocenters. The zero-order chi connectivity index (χ0) is 23.3. The molecular formula is C23H32N4O5S. The third-order valence-corrected chi connectivity index (χ3v) is 8.40. The van der Waals surface area contributed by atoms with Gasteiger partial charge < -0.3 is 19.2 Å². The van der Waals surface area contributed by atoms with Crippen molar-refractivity contribution < 1.29 is 22.2 Å². The maximum absolute atomic E-state index is 13.3. The lowest BCUT2D eigenvalue weighted by Crippen LogP contribution is -2.43. The molecule has 9 nitrogen and oxygen atoms in total. The predicted molar refractivity (Wildman–Crippen MR) is 124 cm³/mol. The van der Waals surface area contributed by atoms with Crippen LogP contribution < -0.4 is 5.32 Å². The van der Waals surface area contributed by atoms with Gasteiger partial charge in [0.2, 0.25) is 15.9 Å². The van der Waals surface area contributed by atoms with Crippen LogP contribution in [0, 0.1) is 12.8 Å². The van der Waals surface area contributed by atoms with Crippen LogP contribution in [0.1, 0.15) is 49.3 Å². The maximum atomic E-state index is 13.3. The first-order valence-electron chi connectivity index (χ1n) is 11.6. The Morgan fingerprint density at radius 3 is 2.67 bits per heavy atom. The molecule has 0 spiro atoms. The van der Waals surface area contributed by atoms with Gasteiger partial charge >= 0.3 is 0 Å². The smallest absolute Gasteiger partial charge is 0.248 e. The molecule has 0 atom stereocenters. The van der Waals surface area contributed by atoms with E-state index in [9.17, 15) is 13.2 Å². The van der Waals surface area contributed by atoms with Crippen LogP contribution in [-0.2, 0) is 14.8 Å². The van der Waals surface area contributed by atoms with Gasteiger partial charge in [-0.3, -0.25) is 4.79 Å². The molecular weight excluding hydrogens is 444 g/mol. The van der Waals surface area contributed by atoms with Crippen LogP contribution in [0.3, 0.4) is 0 Å². The number of carbonyl (C=O) groups is 1. The molecule has 2 aliphatic rings. The Morgan fingerprint density at radius 2 is 1.97 bits per heavy atom. The van der Waals surface area contributed by atoms with E-state index in [1.165, 1.54) is 23.4 Å². The van der Waals surface area contributed by atoms with Gasteiger partial charge in [0.25, 0.3) is 0 Å². The highest BCUT2D eigenvalue weighted by Gasteiger charge is 2.35. The van der Waals surface area contributed by atoms with Crippen molar-refractivity contribution in [2.45, 2.75) is 43.9 Å². The molecule has 2 aromatic heterocycles. The van der Waals surface area contributed by atoms with Gasteiger partial charge in [0, 0.05) is 25.6 Å². The van der Waals surface area contributed by atoms with E-state index in [-0.39, 0.29) is 22.5 Å². The second kappa shape index (κ2) is 10.7. The molecule has 0 saturated carbocycles. The Kier molecular flexibility index (Phi) is 7.67. The van der Waals surface area contributed by atoms with Crippen molar-refractivity contribution in [2.24, 2.45) is 5.92 Å². The Balaban J connectivity index is 1.31. The van der Waals surface area contributed by atoms with Gasteiger partial charge in [0.15, 0.2) is 10.7 Å². The fourth-order valence-electron chi connectivity index (χ4n) is 4.49. The lowest BCUT2D eigenvalue weighted by atomic mass is 9.97. The van der Waals surface area contributed by atoms with Crippen LogP contribution in [0.2, 0.25) is 0 Å². The SMILES string of the molecule is Cc1noc(C=Cc2ccco2)c1S(=O)(=O)N1CCC(C(=O)NCCCN2CCCC2)CC1. The second-order valence-corrected chi connectivity index (χ2v) is 10.6. The van der Waals surface area contributed by atoms with Gasteiger partial charge in [-0.15, -0.1) is 0 Å². The molecule has 33 heavy (non-hydrogen) atoms. The number of amides is 1. The van der Waals surface area contributed by atoms with Crippen LogP contribution in [-0.4, -0.2) is 68.0 Å². The molecule has 4 heterocycles. The minimum atomic E-state index is -3.79. The Bertz CT molecular complexity index is 1050. The van der Waals surface area contributed by atoms with E-state index >= 15 is 0 Å². The summed E-state index contributed by atoms with van der Waals surface area (Å²) >= 11 is 0. The van der Waals surface area contributed by atoms with Gasteiger partial charge in [-0.2, -0.15) is 4.31 Å². The van der Waals surface area contributed by atoms with E-state index in [0.717, 1.165) is 26.1 Å². The van der Waals surface area contributed by atoms with Crippen LogP contribution >= 0.6 is 0 Å². The summed E-state index contributed by atoms with van der Waals surface area (Å²) in [6.07, 6.45) is 9.20. The molecule has 1 amide bonds. The van der Waals surface area contributed by atoms with Crippen molar-refractivity contribution in [3.63, 3.8) is 0 Å². The molecule has 0 aromatic carbocycles. The van der Waals surface area contributed by atoms with Crippen molar-refractivity contribution in [2.75, 3.05) is 39.3 Å². The number of aromatic nitrogens is 1. The second-order valence-electron chi connectivity index (χ2n) is 8.68. The average molecular weight is 477 g/mol. The molecule has 0 bridgehead atoms. The highest BCUT2D eigenvalue weighted by atomic mass is 32.2. The summed E-state index contributed by atoms with van der Waals surface area (Å²) in [5, 5.41) is 6.89. The highest BCUT2D eigenvalue weighted by molar-refractivity contribution is 7.89. The number of nitrogens with one attached hydrogen (secondary N) is 1. The van der Waals surface area contributed by atoms with E-state index in [2.05, 4.69) is 15.4 Å². The summed E-state index contributed by atoms with van der Waals surface area (Å²) in [6, 6.07) is 3.51. The summed E-state index contributed by atoms with van der Waals surface area (Å²) < 4.78 is 38.6. The monoisotopic (exact) mass is 476 g/mol. The molecule has 2 aromatic rings. The molecule has 1 N–H and O–H groups in total. The van der Waals surface area contributed by atoms with Crippen LogP contribution in [0.4, 0.5) is 0 Å². The van der Waals surface area contributed by atoms with Gasteiger partial charge in [-0.1, -0.05) is 5.16 Å². The molecule has 0 aliphatic carbocycles. The quantitative estimate of drug-likeness (QED) is 0.554. The summed E-state index contributed by atoms with van der Waals surface area (Å²) in [5.74, 6) is 0.614. The molecule has 180 valence electrons. The lowest BCUT2D eigenvalue weighted by Gasteiger charge is -2.30. The fraction of sp³-hybridized carbons (Fsp3) is 0.565. The van der Waals surface area contributed by atoms with Crippen LogP contribution in [0.25, 0.3) is 12.2 Å². The molecule has 10 heteroatoms. The summed E-state index contributed by atoms with van der Waals surface area (Å²) in [7, 11) is -3.79. The minimum absolute atomic E-state index is 0.0247. The van der Waals surface area contributed by atoms with E-state index in [1.54, 1.807) is 31.2 Å². The standard InChI is InChI=1S/C23H32N4O5S/c1-18-22(21(32-25-18)8-7-20-6-4-17-31-20)33(29,30)27-15-9-19(10-16-27)23(28)24-11-5-14-26-12-2-3-13-26/h4,6-8,17,19H,2-3,5,9-16H2,1H3,(H,24,28). The van der Waals surface area contributed by atoms with Crippen molar-refractivity contribution in [3.05, 3.63) is 35.6 Å². The fourth-order valence-corrected chi connectivity index (χ4v) is 6.21. The summed E-state index contributed by atoms with van der Waals surface area (Å²) in [5.41, 5.74) is 0.312. The number of carbonyl (C=O) groups excluding carboxylic acids is 1. The average Bonchev–Trinajstić information content (AvgIpc) is 3.58. The van der Waals surface area contributed by atoms with Gasteiger partial charge in [-0.05, 0) is 82.9 Å². The number of hydrogen-bond acceptors (Lipinski definition) is 7. The zero-order valence-electron chi connectivity index (χ0n) is 19.0. The minimum Gasteiger partial charge on any atom is -0.465 e. The molecule has 2 fully saturated rings. The Labute approximate surface area is 194 Å². The van der Waals surface area contributed by atoms with Gasteiger partial charge in [0.05, 0.1) is 6.26 Å². The Morgan fingerprint density at radius 1 is 1.21 bits per heavy atom. The highest BCUT2D eigenvalue weighted by Crippen LogP contribution is 2.29. The predicted octanol–water partition coefficient (Wildman–Crippen LogP) is 2.75. The first kappa shape index (κ1) is 23.7. The molecule has 2 aliphatic heterocycles. The largest absolute Gasteiger partial charge is 0.465 e. The third kappa shape index (κ3) is 5.74. The molecule has 4 rings (SSSR count).